The maximum Gasteiger partial charge on any atom is 0.255 e. The molecule has 3 aromatic rings. The van der Waals surface area contributed by atoms with Crippen molar-refractivity contribution in [2.75, 3.05) is 20.8 Å². The summed E-state index contributed by atoms with van der Waals surface area (Å²) in [7, 11) is 3.09. The van der Waals surface area contributed by atoms with Crippen LogP contribution in [0.2, 0.25) is 0 Å². The lowest BCUT2D eigenvalue weighted by atomic mass is 9.94. The first-order chi connectivity index (χ1) is 14.7. The highest BCUT2D eigenvalue weighted by molar-refractivity contribution is 5.97. The van der Waals surface area contributed by atoms with Gasteiger partial charge in [-0.1, -0.05) is 6.07 Å². The van der Waals surface area contributed by atoms with E-state index in [2.05, 4.69) is 10.3 Å². The fourth-order valence-corrected chi connectivity index (χ4v) is 4.03. The van der Waals surface area contributed by atoms with Crippen LogP contribution < -0.4 is 14.8 Å². The van der Waals surface area contributed by atoms with Gasteiger partial charge in [-0.15, -0.1) is 0 Å². The third kappa shape index (κ3) is 3.87. The number of amides is 1. The van der Waals surface area contributed by atoms with Crippen molar-refractivity contribution < 1.29 is 14.3 Å². The predicted octanol–water partition coefficient (Wildman–Crippen LogP) is 3.27. The van der Waals surface area contributed by atoms with Gasteiger partial charge in [0.15, 0.2) is 11.5 Å². The average Bonchev–Trinajstić information content (AvgIpc) is 3.17. The maximum atomic E-state index is 12.7. The first kappa shape index (κ1) is 19.9. The quantitative estimate of drug-likeness (QED) is 0.652. The predicted molar refractivity (Wildman–Crippen MR) is 114 cm³/mol. The first-order valence-corrected chi connectivity index (χ1v) is 10.2. The number of nitrogens with one attached hydrogen (secondary N) is 1. The molecular formula is C23H26N4O3. The summed E-state index contributed by atoms with van der Waals surface area (Å²) in [6, 6.07) is 9.28. The molecule has 0 radical (unpaired) electrons. The highest BCUT2D eigenvalue weighted by atomic mass is 16.5. The van der Waals surface area contributed by atoms with E-state index < -0.39 is 0 Å². The second-order valence-electron chi connectivity index (χ2n) is 7.24. The third-order valence-electron chi connectivity index (χ3n) is 5.47. The lowest BCUT2D eigenvalue weighted by Crippen LogP contribution is -2.28. The molecule has 1 N–H and O–H groups in total. The highest BCUT2D eigenvalue weighted by Crippen LogP contribution is 2.32. The number of methoxy groups -OCH3 is 2. The number of rotatable bonds is 7. The van der Waals surface area contributed by atoms with Crippen molar-refractivity contribution in [3.63, 3.8) is 0 Å². The van der Waals surface area contributed by atoms with Gasteiger partial charge >= 0.3 is 0 Å². The Labute approximate surface area is 176 Å². The summed E-state index contributed by atoms with van der Waals surface area (Å²) in [6.45, 7) is 1.09. The third-order valence-corrected chi connectivity index (χ3v) is 5.47. The topological polar surface area (TPSA) is 78.3 Å². The zero-order chi connectivity index (χ0) is 20.9. The van der Waals surface area contributed by atoms with Gasteiger partial charge in [-0.2, -0.15) is 5.10 Å². The molecule has 0 fully saturated rings. The molecule has 0 spiro atoms. The van der Waals surface area contributed by atoms with Crippen LogP contribution in [-0.4, -0.2) is 41.4 Å². The molecule has 0 aliphatic heterocycles. The van der Waals surface area contributed by atoms with Gasteiger partial charge in [-0.05, 0) is 49.9 Å². The second-order valence-corrected chi connectivity index (χ2v) is 7.24. The van der Waals surface area contributed by atoms with E-state index in [0.717, 1.165) is 24.1 Å². The van der Waals surface area contributed by atoms with E-state index in [9.17, 15) is 4.79 Å². The van der Waals surface area contributed by atoms with Gasteiger partial charge in [-0.3, -0.25) is 14.5 Å². The molecule has 0 unspecified atom stereocenters. The number of aromatic nitrogens is 3. The smallest absolute Gasteiger partial charge is 0.255 e. The second kappa shape index (κ2) is 8.98. The van der Waals surface area contributed by atoms with E-state index in [4.69, 9.17) is 14.6 Å². The van der Waals surface area contributed by atoms with Crippen LogP contribution in [0.1, 0.15) is 34.5 Å². The standard InChI is InChI=1S/C23H26N4O3/c1-29-20-9-5-7-18(22(20)30-2)23(28)25-14-15-27-19-8-4-3-6-17(19)21(26-27)16-10-12-24-13-11-16/h5,7,9-13H,3-4,6,8,14-15H2,1-2H3,(H,25,28). The van der Waals surface area contributed by atoms with Crippen molar-refractivity contribution in [2.24, 2.45) is 0 Å². The molecule has 0 saturated carbocycles. The van der Waals surface area contributed by atoms with Crippen LogP contribution in [0, 0.1) is 0 Å². The number of carbonyl (C=O) groups excluding carboxylic acids is 1. The molecule has 30 heavy (non-hydrogen) atoms. The maximum absolute atomic E-state index is 12.7. The highest BCUT2D eigenvalue weighted by Gasteiger charge is 2.22. The van der Waals surface area contributed by atoms with Gasteiger partial charge in [0.1, 0.15) is 0 Å². The molecule has 0 atom stereocenters. The fourth-order valence-electron chi connectivity index (χ4n) is 4.03. The first-order valence-electron chi connectivity index (χ1n) is 10.2. The zero-order valence-corrected chi connectivity index (χ0v) is 17.4. The average molecular weight is 406 g/mol. The minimum absolute atomic E-state index is 0.193. The molecular weight excluding hydrogens is 380 g/mol. The number of para-hydroxylation sites is 1. The molecule has 1 aromatic carbocycles. The van der Waals surface area contributed by atoms with Crippen LogP contribution in [0.15, 0.2) is 42.7 Å². The lowest BCUT2D eigenvalue weighted by molar-refractivity contribution is 0.0948. The van der Waals surface area contributed by atoms with Crippen molar-refractivity contribution in [3.8, 4) is 22.8 Å². The lowest BCUT2D eigenvalue weighted by Gasteiger charge is -2.15. The Hall–Kier alpha value is -3.35. The summed E-state index contributed by atoms with van der Waals surface area (Å²) >= 11 is 0. The molecule has 2 aromatic heterocycles. The Kier molecular flexibility index (Phi) is 5.97. The molecule has 7 nitrogen and oxygen atoms in total. The van der Waals surface area contributed by atoms with E-state index in [1.54, 1.807) is 37.7 Å². The van der Waals surface area contributed by atoms with E-state index in [0.29, 0.717) is 30.2 Å². The molecule has 2 heterocycles. The van der Waals surface area contributed by atoms with Gasteiger partial charge in [0.25, 0.3) is 5.91 Å². The number of hydrogen-bond donors (Lipinski definition) is 1. The fraction of sp³-hybridized carbons (Fsp3) is 0.348. The number of carbonyl (C=O) groups is 1. The van der Waals surface area contributed by atoms with Crippen molar-refractivity contribution in [1.82, 2.24) is 20.1 Å². The number of fused-ring (bicyclic) bond motifs is 1. The van der Waals surface area contributed by atoms with Crippen LogP contribution in [0.25, 0.3) is 11.3 Å². The summed E-state index contributed by atoms with van der Waals surface area (Å²) in [4.78, 5) is 16.8. The van der Waals surface area contributed by atoms with Crippen LogP contribution in [0.5, 0.6) is 11.5 Å². The van der Waals surface area contributed by atoms with Gasteiger partial charge in [0, 0.05) is 35.8 Å². The van der Waals surface area contributed by atoms with Gasteiger partial charge in [0.05, 0.1) is 32.0 Å². The molecule has 156 valence electrons. The Morgan fingerprint density at radius 3 is 2.67 bits per heavy atom. The van der Waals surface area contributed by atoms with Crippen molar-refractivity contribution in [1.29, 1.82) is 0 Å². The van der Waals surface area contributed by atoms with Crippen LogP contribution in [0.3, 0.4) is 0 Å². The minimum atomic E-state index is -0.193. The van der Waals surface area contributed by atoms with E-state index in [1.165, 1.54) is 31.2 Å². The van der Waals surface area contributed by atoms with Crippen LogP contribution in [-0.2, 0) is 19.4 Å². The molecule has 1 aliphatic rings. The Morgan fingerprint density at radius 2 is 1.90 bits per heavy atom. The molecule has 1 amide bonds. The molecule has 0 bridgehead atoms. The number of hydrogen-bond acceptors (Lipinski definition) is 5. The van der Waals surface area contributed by atoms with Crippen molar-refractivity contribution >= 4 is 5.91 Å². The molecule has 1 aliphatic carbocycles. The number of ether oxygens (including phenoxy) is 2. The summed E-state index contributed by atoms with van der Waals surface area (Å²) in [5.41, 5.74) is 5.19. The van der Waals surface area contributed by atoms with Crippen LogP contribution >= 0.6 is 0 Å². The zero-order valence-electron chi connectivity index (χ0n) is 17.4. The summed E-state index contributed by atoms with van der Waals surface area (Å²) in [6.07, 6.45) is 8.01. The Balaban J connectivity index is 1.50. The molecule has 7 heteroatoms. The minimum Gasteiger partial charge on any atom is -0.493 e. The Morgan fingerprint density at radius 1 is 1.10 bits per heavy atom. The number of benzene rings is 1. The van der Waals surface area contributed by atoms with E-state index in [1.807, 2.05) is 16.8 Å². The van der Waals surface area contributed by atoms with Gasteiger partial charge < -0.3 is 14.8 Å². The normalized spacial score (nSPS) is 12.9. The summed E-state index contributed by atoms with van der Waals surface area (Å²) in [5, 5.41) is 7.87. The summed E-state index contributed by atoms with van der Waals surface area (Å²) in [5.74, 6) is 0.781. The number of nitrogens with zero attached hydrogens (tertiary/aromatic N) is 3. The van der Waals surface area contributed by atoms with E-state index >= 15 is 0 Å². The van der Waals surface area contributed by atoms with Gasteiger partial charge in [-0.25, -0.2) is 0 Å². The van der Waals surface area contributed by atoms with Crippen LogP contribution in [0.4, 0.5) is 0 Å². The van der Waals surface area contributed by atoms with E-state index in [-0.39, 0.29) is 5.91 Å². The van der Waals surface area contributed by atoms with Crippen molar-refractivity contribution in [2.45, 2.75) is 32.2 Å². The molecule has 4 rings (SSSR count). The largest absolute Gasteiger partial charge is 0.493 e. The molecule has 0 saturated heterocycles. The Bertz CT molecular complexity index is 1030. The number of pyridine rings is 1. The summed E-state index contributed by atoms with van der Waals surface area (Å²) < 4.78 is 12.7. The SMILES string of the molecule is COc1cccc(C(=O)NCCn2nc(-c3ccncc3)c3c2CCCC3)c1OC. The van der Waals surface area contributed by atoms with Crippen molar-refractivity contribution in [3.05, 3.63) is 59.5 Å². The van der Waals surface area contributed by atoms with Gasteiger partial charge in [0.2, 0.25) is 0 Å². The monoisotopic (exact) mass is 406 g/mol.